The van der Waals surface area contributed by atoms with Gasteiger partial charge in [-0.1, -0.05) is 29.8 Å². The summed E-state index contributed by atoms with van der Waals surface area (Å²) in [5.41, 5.74) is -0.578. The standard InChI is InChI=1S/C9H8ClF3O/c10-6-14-5-7-3-1-2-4-8(7)9(11,12)13/h1-4H,5-6H2. The van der Waals surface area contributed by atoms with Crippen molar-refractivity contribution in [2.75, 3.05) is 6.07 Å². The molecule has 14 heavy (non-hydrogen) atoms. The molecule has 1 aromatic rings. The van der Waals surface area contributed by atoms with Gasteiger partial charge in [-0.2, -0.15) is 13.2 Å². The maximum atomic E-state index is 12.4. The zero-order valence-corrected chi connectivity index (χ0v) is 7.90. The molecule has 0 atom stereocenters. The maximum absolute atomic E-state index is 12.4. The molecule has 0 saturated carbocycles. The van der Waals surface area contributed by atoms with Crippen LogP contribution in [0.1, 0.15) is 11.1 Å². The van der Waals surface area contributed by atoms with Crippen LogP contribution < -0.4 is 0 Å². The van der Waals surface area contributed by atoms with Crippen LogP contribution in [-0.2, 0) is 17.5 Å². The summed E-state index contributed by atoms with van der Waals surface area (Å²) in [6, 6.07) is 5.14. The molecule has 78 valence electrons. The maximum Gasteiger partial charge on any atom is 0.416 e. The van der Waals surface area contributed by atoms with Crippen molar-refractivity contribution in [3.8, 4) is 0 Å². The van der Waals surface area contributed by atoms with Crippen molar-refractivity contribution in [1.82, 2.24) is 0 Å². The number of rotatable bonds is 3. The molecule has 0 aromatic heterocycles. The normalized spacial score (nSPS) is 11.7. The molecule has 0 fully saturated rings. The number of hydrogen-bond donors (Lipinski definition) is 0. The van der Waals surface area contributed by atoms with Crippen LogP contribution in [0, 0.1) is 0 Å². The first kappa shape index (κ1) is 11.3. The summed E-state index contributed by atoms with van der Waals surface area (Å²) in [6.07, 6.45) is -4.34. The van der Waals surface area contributed by atoms with E-state index < -0.39 is 11.7 Å². The Labute approximate surface area is 84.4 Å². The van der Waals surface area contributed by atoms with Crippen molar-refractivity contribution < 1.29 is 17.9 Å². The van der Waals surface area contributed by atoms with Crippen molar-refractivity contribution in [3.05, 3.63) is 35.4 Å². The Kier molecular flexibility index (Phi) is 3.77. The molecule has 5 heteroatoms. The Morgan fingerprint density at radius 2 is 1.86 bits per heavy atom. The van der Waals surface area contributed by atoms with E-state index in [1.165, 1.54) is 18.2 Å². The van der Waals surface area contributed by atoms with E-state index in [0.29, 0.717) is 0 Å². The highest BCUT2D eigenvalue weighted by atomic mass is 35.5. The molecular formula is C9H8ClF3O. The van der Waals surface area contributed by atoms with Crippen molar-refractivity contribution in [2.24, 2.45) is 0 Å². The van der Waals surface area contributed by atoms with Gasteiger partial charge in [0.05, 0.1) is 12.2 Å². The van der Waals surface area contributed by atoms with Gasteiger partial charge in [-0.15, -0.1) is 0 Å². The summed E-state index contributed by atoms with van der Waals surface area (Å²) in [4.78, 5) is 0. The summed E-state index contributed by atoms with van der Waals surface area (Å²) >= 11 is 5.21. The zero-order valence-electron chi connectivity index (χ0n) is 7.14. The van der Waals surface area contributed by atoms with Crippen LogP contribution in [0.15, 0.2) is 24.3 Å². The third-order valence-electron chi connectivity index (χ3n) is 1.66. The molecule has 0 heterocycles. The molecule has 0 spiro atoms. The van der Waals surface area contributed by atoms with E-state index in [-0.39, 0.29) is 18.2 Å². The molecule has 0 bridgehead atoms. The monoisotopic (exact) mass is 224 g/mol. The fourth-order valence-electron chi connectivity index (χ4n) is 1.07. The van der Waals surface area contributed by atoms with Crippen LogP contribution in [0.25, 0.3) is 0 Å². The van der Waals surface area contributed by atoms with Gasteiger partial charge in [0, 0.05) is 0 Å². The molecule has 0 amide bonds. The van der Waals surface area contributed by atoms with Crippen LogP contribution in [0.3, 0.4) is 0 Å². The summed E-state index contributed by atoms with van der Waals surface area (Å²) < 4.78 is 41.9. The second-order valence-electron chi connectivity index (χ2n) is 2.61. The Morgan fingerprint density at radius 3 is 2.43 bits per heavy atom. The second kappa shape index (κ2) is 4.66. The summed E-state index contributed by atoms with van der Waals surface area (Å²) in [6.45, 7) is -0.126. The van der Waals surface area contributed by atoms with E-state index in [2.05, 4.69) is 0 Å². The van der Waals surface area contributed by atoms with Gasteiger partial charge in [-0.3, -0.25) is 0 Å². The molecule has 0 aliphatic carbocycles. The first-order chi connectivity index (χ1) is 6.55. The van der Waals surface area contributed by atoms with Gasteiger partial charge in [-0.25, -0.2) is 0 Å². The predicted octanol–water partition coefficient (Wildman–Crippen LogP) is 3.42. The average Bonchev–Trinajstić information content (AvgIpc) is 2.14. The van der Waals surface area contributed by atoms with Crippen molar-refractivity contribution in [1.29, 1.82) is 0 Å². The molecule has 0 saturated heterocycles. The minimum absolute atomic E-state index is 0.0978. The van der Waals surface area contributed by atoms with Crippen LogP contribution in [0.5, 0.6) is 0 Å². The molecule has 1 nitrogen and oxygen atoms in total. The van der Waals surface area contributed by atoms with Gasteiger partial charge in [-0.05, 0) is 11.6 Å². The predicted molar refractivity (Wildman–Crippen MR) is 47.0 cm³/mol. The van der Waals surface area contributed by atoms with Gasteiger partial charge in [0.2, 0.25) is 0 Å². The van der Waals surface area contributed by atoms with E-state index in [1.807, 2.05) is 0 Å². The lowest BCUT2D eigenvalue weighted by molar-refractivity contribution is -0.138. The highest BCUT2D eigenvalue weighted by Crippen LogP contribution is 2.32. The SMILES string of the molecule is FC(F)(F)c1ccccc1COCCl. The molecule has 0 N–H and O–H groups in total. The van der Waals surface area contributed by atoms with Crippen molar-refractivity contribution in [2.45, 2.75) is 12.8 Å². The van der Waals surface area contributed by atoms with E-state index in [4.69, 9.17) is 16.3 Å². The number of alkyl halides is 4. The van der Waals surface area contributed by atoms with E-state index in [9.17, 15) is 13.2 Å². The Hall–Kier alpha value is -0.740. The van der Waals surface area contributed by atoms with Crippen LogP contribution in [-0.4, -0.2) is 6.07 Å². The first-order valence-electron chi connectivity index (χ1n) is 3.84. The quantitative estimate of drug-likeness (QED) is 0.715. The average molecular weight is 225 g/mol. The Morgan fingerprint density at radius 1 is 1.21 bits per heavy atom. The zero-order chi connectivity index (χ0) is 10.6. The topological polar surface area (TPSA) is 9.23 Å². The Bertz CT molecular complexity index is 298. The number of ether oxygens (including phenoxy) is 1. The van der Waals surface area contributed by atoms with E-state index in [1.54, 1.807) is 0 Å². The minimum atomic E-state index is -4.34. The fraction of sp³-hybridized carbons (Fsp3) is 0.333. The smallest absolute Gasteiger partial charge is 0.361 e. The van der Waals surface area contributed by atoms with Gasteiger partial charge < -0.3 is 4.74 Å². The van der Waals surface area contributed by atoms with Crippen LogP contribution >= 0.6 is 11.6 Å². The van der Waals surface area contributed by atoms with E-state index in [0.717, 1.165) is 6.07 Å². The molecule has 0 aliphatic rings. The highest BCUT2D eigenvalue weighted by Gasteiger charge is 2.32. The number of benzene rings is 1. The number of hydrogen-bond acceptors (Lipinski definition) is 1. The summed E-state index contributed by atoms with van der Waals surface area (Å²) in [5.74, 6) is 0. The summed E-state index contributed by atoms with van der Waals surface area (Å²) in [5, 5.41) is 0. The van der Waals surface area contributed by atoms with Crippen molar-refractivity contribution >= 4 is 11.6 Å². The molecule has 0 unspecified atom stereocenters. The molecule has 0 aliphatic heterocycles. The molecular weight excluding hydrogens is 217 g/mol. The minimum Gasteiger partial charge on any atom is -0.361 e. The third-order valence-corrected chi connectivity index (χ3v) is 1.81. The number of halogens is 4. The van der Waals surface area contributed by atoms with Crippen molar-refractivity contribution in [3.63, 3.8) is 0 Å². The fourth-order valence-corrected chi connectivity index (χ4v) is 1.15. The lowest BCUT2D eigenvalue weighted by Crippen LogP contribution is -2.09. The third kappa shape index (κ3) is 2.89. The second-order valence-corrected chi connectivity index (χ2v) is 2.83. The van der Waals surface area contributed by atoms with Gasteiger partial charge in [0.25, 0.3) is 0 Å². The largest absolute Gasteiger partial charge is 0.416 e. The van der Waals surface area contributed by atoms with Gasteiger partial charge in [0.1, 0.15) is 6.07 Å². The summed E-state index contributed by atoms with van der Waals surface area (Å²) in [7, 11) is 0. The lowest BCUT2D eigenvalue weighted by Gasteiger charge is -2.11. The van der Waals surface area contributed by atoms with Gasteiger partial charge >= 0.3 is 6.18 Å². The molecule has 0 radical (unpaired) electrons. The lowest BCUT2D eigenvalue weighted by atomic mass is 10.1. The molecule has 1 rings (SSSR count). The van der Waals surface area contributed by atoms with Crippen LogP contribution in [0.2, 0.25) is 0 Å². The van der Waals surface area contributed by atoms with Gasteiger partial charge in [0.15, 0.2) is 0 Å². The van der Waals surface area contributed by atoms with Crippen LogP contribution in [0.4, 0.5) is 13.2 Å². The molecule has 1 aromatic carbocycles. The Balaban J connectivity index is 2.92. The van der Waals surface area contributed by atoms with E-state index >= 15 is 0 Å². The first-order valence-corrected chi connectivity index (χ1v) is 4.38. The highest BCUT2D eigenvalue weighted by molar-refractivity contribution is 6.17.